The summed E-state index contributed by atoms with van der Waals surface area (Å²) in [6.07, 6.45) is 6.32. The lowest BCUT2D eigenvalue weighted by molar-refractivity contribution is -0.433. The largest absolute Gasteiger partial charge is 0.458 e. The number of carbonyl (C=O) groups excluding carboxylic acids is 2. The Labute approximate surface area is 194 Å². The number of hydrogen-bond donors (Lipinski definition) is 2. The number of rotatable bonds is 9. The molecule has 0 radical (unpaired) electrons. The lowest BCUT2D eigenvalue weighted by Gasteiger charge is -2.63. The first-order valence-electron chi connectivity index (χ1n) is 11.3. The van der Waals surface area contributed by atoms with Gasteiger partial charge in [0.25, 0.3) is 0 Å². The van der Waals surface area contributed by atoms with Gasteiger partial charge in [-0.05, 0) is 57.8 Å². The van der Waals surface area contributed by atoms with E-state index in [0.717, 1.165) is 32.1 Å². The number of halogens is 2. The van der Waals surface area contributed by atoms with Crippen molar-refractivity contribution < 1.29 is 52.3 Å². The summed E-state index contributed by atoms with van der Waals surface area (Å²) < 4.78 is 48.7. The molecule has 5 aliphatic carbocycles. The number of aliphatic hydroxyl groups is 1. The zero-order valence-corrected chi connectivity index (χ0v) is 19.3. The predicted octanol–water partition coefficient (Wildman–Crippen LogP) is 3.68. The average molecular weight is 497 g/mol. The van der Waals surface area contributed by atoms with Crippen molar-refractivity contribution >= 4 is 24.0 Å². The van der Waals surface area contributed by atoms with Gasteiger partial charge in [0, 0.05) is 19.3 Å². The minimum atomic E-state index is -4.14. The van der Waals surface area contributed by atoms with Gasteiger partial charge in [-0.15, -0.1) is 4.33 Å². The van der Waals surface area contributed by atoms with Gasteiger partial charge in [-0.25, -0.2) is 14.8 Å². The number of ether oxygens (including phenoxy) is 3. The fourth-order valence-electron chi connectivity index (χ4n) is 6.75. The molecule has 0 aromatic heterocycles. The minimum absolute atomic E-state index is 0.00791. The SMILES string of the molecule is CC1(OC(=O)COC23CC4CC(O)(C2)CC(OC(=O)C(F)(F)SOOO)(C4)C3)CCCCC1. The van der Waals surface area contributed by atoms with Crippen LogP contribution in [0.4, 0.5) is 8.78 Å². The smallest absolute Gasteiger partial charge is 0.415 e. The van der Waals surface area contributed by atoms with Gasteiger partial charge in [-0.1, -0.05) is 11.5 Å². The Balaban J connectivity index is 1.43. The average Bonchev–Trinajstić information content (AvgIpc) is 2.69. The molecule has 5 fully saturated rings. The van der Waals surface area contributed by atoms with Crippen LogP contribution in [-0.2, 0) is 33.2 Å². The topological polar surface area (TPSA) is 121 Å². The highest BCUT2D eigenvalue weighted by Crippen LogP contribution is 2.62. The zero-order valence-electron chi connectivity index (χ0n) is 18.5. The van der Waals surface area contributed by atoms with Gasteiger partial charge in [-0.2, -0.15) is 8.78 Å². The van der Waals surface area contributed by atoms with Crippen molar-refractivity contribution in [1.29, 1.82) is 0 Å². The molecule has 2 N–H and O–H groups in total. The van der Waals surface area contributed by atoms with Crippen LogP contribution in [0.1, 0.15) is 77.6 Å². The maximum atomic E-state index is 14.0. The molecule has 4 unspecified atom stereocenters. The maximum absolute atomic E-state index is 14.0. The van der Waals surface area contributed by atoms with Gasteiger partial charge in [0.2, 0.25) is 0 Å². The summed E-state index contributed by atoms with van der Waals surface area (Å²) in [5.41, 5.74) is -4.09. The third kappa shape index (κ3) is 5.46. The summed E-state index contributed by atoms with van der Waals surface area (Å²) in [7, 11) is 0. The highest BCUT2D eigenvalue weighted by Gasteiger charge is 2.66. The summed E-state index contributed by atoms with van der Waals surface area (Å²) in [6, 6.07) is 0. The van der Waals surface area contributed by atoms with Crippen LogP contribution in [0, 0.1) is 5.92 Å². The summed E-state index contributed by atoms with van der Waals surface area (Å²) in [4.78, 5) is 24.7. The van der Waals surface area contributed by atoms with Crippen LogP contribution in [-0.4, -0.2) is 56.6 Å². The zero-order chi connectivity index (χ0) is 24.0. The molecule has 0 amide bonds. The highest BCUT2D eigenvalue weighted by atomic mass is 32.2. The molecule has 0 aromatic rings. The van der Waals surface area contributed by atoms with Crippen molar-refractivity contribution in [3.63, 3.8) is 0 Å². The van der Waals surface area contributed by atoms with E-state index in [-0.39, 0.29) is 31.8 Å². The monoisotopic (exact) mass is 496 g/mol. The molecule has 4 bridgehead atoms. The first kappa shape index (κ1) is 25.1. The predicted molar refractivity (Wildman–Crippen MR) is 109 cm³/mol. The molecule has 188 valence electrons. The Morgan fingerprint density at radius 2 is 1.70 bits per heavy atom. The van der Waals surface area contributed by atoms with Gasteiger partial charge < -0.3 is 19.3 Å². The number of esters is 2. The Bertz CT molecular complexity index is 777. The van der Waals surface area contributed by atoms with E-state index in [4.69, 9.17) is 19.5 Å². The van der Waals surface area contributed by atoms with Crippen LogP contribution in [0.15, 0.2) is 0 Å². The maximum Gasteiger partial charge on any atom is 0.415 e. The summed E-state index contributed by atoms with van der Waals surface area (Å²) >= 11 is -0.691. The van der Waals surface area contributed by atoms with E-state index in [1.165, 1.54) is 0 Å². The second-order valence-corrected chi connectivity index (χ2v) is 11.3. The van der Waals surface area contributed by atoms with Gasteiger partial charge >= 0.3 is 17.2 Å². The van der Waals surface area contributed by atoms with Crippen molar-refractivity contribution in [2.75, 3.05) is 6.61 Å². The van der Waals surface area contributed by atoms with Gasteiger partial charge in [0.15, 0.2) is 0 Å². The molecular weight excluding hydrogens is 466 g/mol. The molecule has 5 rings (SSSR count). The van der Waals surface area contributed by atoms with E-state index in [0.29, 0.717) is 19.3 Å². The van der Waals surface area contributed by atoms with Crippen molar-refractivity contribution in [2.24, 2.45) is 5.92 Å². The standard InChI is InChI=1S/C21H30F2O9S/c1-17(5-3-2-4-6-17)29-15(24)10-28-19-8-14-7-18(26,11-19)12-20(9-14,13-19)30-16(25)21(22,23)33-32-31-27/h14,26-27H,2-13H2,1H3. The molecule has 33 heavy (non-hydrogen) atoms. The van der Waals surface area contributed by atoms with Crippen LogP contribution >= 0.6 is 12.0 Å². The Morgan fingerprint density at radius 3 is 2.36 bits per heavy atom. The highest BCUT2D eigenvalue weighted by molar-refractivity contribution is 7.96. The molecular formula is C21H30F2O9S. The van der Waals surface area contributed by atoms with Crippen LogP contribution in [0.3, 0.4) is 0 Å². The van der Waals surface area contributed by atoms with Crippen molar-refractivity contribution in [1.82, 2.24) is 0 Å². The lowest BCUT2D eigenvalue weighted by Crippen LogP contribution is -2.68. The Morgan fingerprint density at radius 1 is 1.03 bits per heavy atom. The molecule has 5 saturated carbocycles. The second kappa shape index (κ2) is 8.87. The Hall–Kier alpha value is -1.05. The molecule has 0 aliphatic heterocycles. The summed E-state index contributed by atoms with van der Waals surface area (Å²) in [6.45, 7) is 1.59. The molecule has 5 aliphatic rings. The van der Waals surface area contributed by atoms with Crippen molar-refractivity contribution in [2.45, 2.75) is 105 Å². The van der Waals surface area contributed by atoms with E-state index in [1.54, 1.807) is 0 Å². The van der Waals surface area contributed by atoms with Crippen LogP contribution in [0.5, 0.6) is 0 Å². The summed E-state index contributed by atoms with van der Waals surface area (Å²) in [5, 5.41) is 18.2. The molecule has 9 nitrogen and oxygen atoms in total. The van der Waals surface area contributed by atoms with Crippen LogP contribution < -0.4 is 0 Å². The number of hydrogen-bond acceptors (Lipinski definition) is 10. The van der Waals surface area contributed by atoms with Crippen LogP contribution in [0.2, 0.25) is 0 Å². The molecule has 12 heteroatoms. The third-order valence-electron chi connectivity index (χ3n) is 7.42. The van der Waals surface area contributed by atoms with Gasteiger partial charge in [-0.3, -0.25) is 0 Å². The van der Waals surface area contributed by atoms with E-state index < -0.39 is 51.6 Å². The fraction of sp³-hybridized carbons (Fsp3) is 0.905. The first-order valence-corrected chi connectivity index (χ1v) is 12.0. The molecule has 0 heterocycles. The quantitative estimate of drug-likeness (QED) is 0.212. The molecule has 0 aromatic carbocycles. The molecule has 0 saturated heterocycles. The fourth-order valence-corrected chi connectivity index (χ4v) is 6.98. The summed E-state index contributed by atoms with van der Waals surface area (Å²) in [5.74, 6) is -2.48. The van der Waals surface area contributed by atoms with E-state index in [2.05, 4.69) is 9.37 Å². The van der Waals surface area contributed by atoms with Crippen molar-refractivity contribution in [3.05, 3.63) is 0 Å². The second-order valence-electron chi connectivity index (χ2n) is 10.5. The van der Waals surface area contributed by atoms with E-state index >= 15 is 0 Å². The first-order chi connectivity index (χ1) is 15.4. The third-order valence-corrected chi connectivity index (χ3v) is 7.93. The van der Waals surface area contributed by atoms with E-state index in [9.17, 15) is 23.5 Å². The van der Waals surface area contributed by atoms with Crippen molar-refractivity contribution in [3.8, 4) is 0 Å². The number of alkyl halides is 2. The van der Waals surface area contributed by atoms with Gasteiger partial charge in [0.05, 0.1) is 11.2 Å². The van der Waals surface area contributed by atoms with Crippen LogP contribution in [0.25, 0.3) is 0 Å². The normalized spacial score (nSPS) is 37.1. The lowest BCUT2D eigenvalue weighted by atomic mass is 9.50. The molecule has 4 atom stereocenters. The number of carbonyl (C=O) groups is 2. The van der Waals surface area contributed by atoms with E-state index in [1.807, 2.05) is 6.92 Å². The van der Waals surface area contributed by atoms with Gasteiger partial charge in [0.1, 0.15) is 29.9 Å². The molecule has 0 spiro atoms. The minimum Gasteiger partial charge on any atom is -0.458 e. The Kier molecular flexibility index (Phi) is 6.73.